The standard InChI is InChI=1S/C47H46N2O4/c1-46(2,36-9-19-42(50)20-10-36)38-13-23-44-34(26-38)28-48(30-52-44)40-15-5-32(6-16-40)25-33-7-17-41(18-8-33)49-29-35-27-39(14-24-45(35)53-31-49)47(3,4)37-11-21-43(51)22-12-37/h5-24,26-27,50-51H,25,28-31H2,1-4H3. The molecule has 2 heterocycles. The van der Waals surface area contributed by atoms with E-state index < -0.39 is 0 Å². The molecule has 0 amide bonds. The Morgan fingerprint density at radius 2 is 0.830 bits per heavy atom. The Balaban J connectivity index is 0.907. The van der Waals surface area contributed by atoms with Gasteiger partial charge in [0, 0.05) is 46.4 Å². The van der Waals surface area contributed by atoms with Crippen LogP contribution in [0.2, 0.25) is 0 Å². The van der Waals surface area contributed by atoms with Crippen molar-refractivity contribution in [3.63, 3.8) is 0 Å². The summed E-state index contributed by atoms with van der Waals surface area (Å²) in [5.41, 5.74) is 11.5. The number of phenols is 2. The van der Waals surface area contributed by atoms with Crippen molar-refractivity contribution in [2.45, 2.75) is 58.0 Å². The van der Waals surface area contributed by atoms with Gasteiger partial charge >= 0.3 is 0 Å². The minimum absolute atomic E-state index is 0.213. The topological polar surface area (TPSA) is 65.4 Å². The third-order valence-electron chi connectivity index (χ3n) is 11.2. The van der Waals surface area contributed by atoms with Crippen molar-refractivity contribution in [3.05, 3.63) is 178 Å². The van der Waals surface area contributed by atoms with Crippen LogP contribution in [0, 0.1) is 0 Å². The van der Waals surface area contributed by atoms with Gasteiger partial charge in [0.1, 0.15) is 23.0 Å². The molecule has 0 saturated carbocycles. The van der Waals surface area contributed by atoms with Gasteiger partial charge in [-0.2, -0.15) is 0 Å². The fraction of sp³-hybridized carbons (Fsp3) is 0.234. The van der Waals surface area contributed by atoms with Gasteiger partial charge in [0.25, 0.3) is 0 Å². The van der Waals surface area contributed by atoms with Gasteiger partial charge in [-0.15, -0.1) is 0 Å². The molecule has 6 aromatic rings. The fourth-order valence-corrected chi connectivity index (χ4v) is 7.57. The molecule has 0 bridgehead atoms. The van der Waals surface area contributed by atoms with Crippen molar-refractivity contribution in [2.75, 3.05) is 23.3 Å². The molecular formula is C47H46N2O4. The van der Waals surface area contributed by atoms with E-state index in [0.29, 0.717) is 13.5 Å². The van der Waals surface area contributed by atoms with Crippen LogP contribution in [0.3, 0.4) is 0 Å². The third kappa shape index (κ3) is 6.89. The van der Waals surface area contributed by atoms with E-state index in [9.17, 15) is 10.2 Å². The van der Waals surface area contributed by atoms with Crippen LogP contribution in [0.15, 0.2) is 133 Å². The summed E-state index contributed by atoms with van der Waals surface area (Å²) in [5, 5.41) is 19.6. The molecule has 0 aromatic heterocycles. The quantitative estimate of drug-likeness (QED) is 0.165. The summed E-state index contributed by atoms with van der Waals surface area (Å²) in [7, 11) is 0. The zero-order valence-electron chi connectivity index (χ0n) is 30.8. The summed E-state index contributed by atoms with van der Waals surface area (Å²) in [5.74, 6) is 2.43. The van der Waals surface area contributed by atoms with E-state index in [0.717, 1.165) is 53.5 Å². The SMILES string of the molecule is CC(C)(c1ccc(O)cc1)c1ccc2c(c1)CN(c1ccc(Cc3ccc(N4COc5ccc(C(C)(C)c6ccc(O)cc6)cc5C4)cc3)cc1)CO2. The number of nitrogens with zero attached hydrogens (tertiary/aromatic N) is 2. The lowest BCUT2D eigenvalue weighted by atomic mass is 9.77. The highest BCUT2D eigenvalue weighted by molar-refractivity contribution is 5.55. The summed E-state index contributed by atoms with van der Waals surface area (Å²) in [6, 6.07) is 45.7. The summed E-state index contributed by atoms with van der Waals surface area (Å²) >= 11 is 0. The number of aromatic hydroxyl groups is 2. The predicted molar refractivity (Wildman–Crippen MR) is 212 cm³/mol. The van der Waals surface area contributed by atoms with E-state index in [-0.39, 0.29) is 22.3 Å². The van der Waals surface area contributed by atoms with E-state index in [4.69, 9.17) is 9.47 Å². The Morgan fingerprint density at radius 3 is 1.21 bits per heavy atom. The van der Waals surface area contributed by atoms with Crippen molar-refractivity contribution in [1.29, 1.82) is 0 Å². The predicted octanol–water partition coefficient (Wildman–Crippen LogP) is 10.1. The number of fused-ring (bicyclic) bond motifs is 2. The third-order valence-corrected chi connectivity index (χ3v) is 11.2. The first-order valence-electron chi connectivity index (χ1n) is 18.3. The van der Waals surface area contributed by atoms with E-state index in [1.165, 1.54) is 33.4 Å². The van der Waals surface area contributed by atoms with Crippen LogP contribution < -0.4 is 19.3 Å². The number of anilines is 2. The second-order valence-corrected chi connectivity index (χ2v) is 15.4. The first kappa shape index (κ1) is 34.2. The van der Waals surface area contributed by atoms with Crippen LogP contribution in [0.25, 0.3) is 0 Å². The summed E-state index contributed by atoms with van der Waals surface area (Å²) in [6.45, 7) is 11.4. The van der Waals surface area contributed by atoms with E-state index in [1.54, 1.807) is 24.3 Å². The molecule has 2 aliphatic rings. The maximum atomic E-state index is 9.78. The Labute approximate surface area is 312 Å². The molecule has 0 spiro atoms. The average Bonchev–Trinajstić information content (AvgIpc) is 3.18. The van der Waals surface area contributed by atoms with Gasteiger partial charge in [-0.05, 0) is 113 Å². The van der Waals surface area contributed by atoms with Gasteiger partial charge in [-0.3, -0.25) is 0 Å². The Hall–Kier alpha value is -5.88. The minimum atomic E-state index is -0.213. The summed E-state index contributed by atoms with van der Waals surface area (Å²) in [4.78, 5) is 4.54. The molecular weight excluding hydrogens is 657 g/mol. The molecule has 0 unspecified atom stereocenters. The van der Waals surface area contributed by atoms with Gasteiger partial charge in [0.2, 0.25) is 0 Å². The first-order valence-corrected chi connectivity index (χ1v) is 18.3. The lowest BCUT2D eigenvalue weighted by Crippen LogP contribution is -2.32. The van der Waals surface area contributed by atoms with Gasteiger partial charge in [0.15, 0.2) is 13.5 Å². The van der Waals surface area contributed by atoms with Crippen molar-refractivity contribution in [2.24, 2.45) is 0 Å². The summed E-state index contributed by atoms with van der Waals surface area (Å²) < 4.78 is 12.4. The van der Waals surface area contributed by atoms with Gasteiger partial charge in [-0.25, -0.2) is 0 Å². The molecule has 8 rings (SSSR count). The highest BCUT2D eigenvalue weighted by Crippen LogP contribution is 2.39. The molecule has 0 saturated heterocycles. The second kappa shape index (κ2) is 13.6. The molecule has 0 aliphatic carbocycles. The zero-order valence-corrected chi connectivity index (χ0v) is 30.8. The molecule has 2 N–H and O–H groups in total. The lowest BCUT2D eigenvalue weighted by Gasteiger charge is -2.33. The molecule has 0 atom stereocenters. The van der Waals surface area contributed by atoms with Gasteiger partial charge in [-0.1, -0.05) is 88.4 Å². The lowest BCUT2D eigenvalue weighted by molar-refractivity contribution is 0.289. The maximum Gasteiger partial charge on any atom is 0.161 e. The Bertz CT molecular complexity index is 2060. The van der Waals surface area contributed by atoms with Crippen molar-refractivity contribution in [3.8, 4) is 23.0 Å². The van der Waals surface area contributed by atoms with E-state index in [2.05, 4.69) is 122 Å². The molecule has 6 aromatic carbocycles. The number of hydrogen-bond donors (Lipinski definition) is 2. The van der Waals surface area contributed by atoms with E-state index in [1.807, 2.05) is 24.3 Å². The monoisotopic (exact) mass is 702 g/mol. The maximum absolute atomic E-state index is 9.78. The number of hydrogen-bond acceptors (Lipinski definition) is 6. The number of benzene rings is 6. The fourth-order valence-electron chi connectivity index (χ4n) is 7.57. The molecule has 6 heteroatoms. The molecule has 53 heavy (non-hydrogen) atoms. The number of ether oxygens (including phenoxy) is 2. The van der Waals surface area contributed by atoms with Crippen LogP contribution >= 0.6 is 0 Å². The zero-order chi connectivity index (χ0) is 36.7. The molecule has 268 valence electrons. The highest BCUT2D eigenvalue weighted by Gasteiger charge is 2.28. The summed E-state index contributed by atoms with van der Waals surface area (Å²) in [6.07, 6.45) is 0.852. The van der Waals surface area contributed by atoms with Crippen LogP contribution in [0.1, 0.15) is 72.2 Å². The van der Waals surface area contributed by atoms with E-state index >= 15 is 0 Å². The van der Waals surface area contributed by atoms with Crippen LogP contribution in [-0.4, -0.2) is 23.7 Å². The Kier molecular flexibility index (Phi) is 8.77. The highest BCUT2D eigenvalue weighted by atomic mass is 16.5. The molecule has 0 fully saturated rings. The van der Waals surface area contributed by atoms with Crippen molar-refractivity contribution < 1.29 is 19.7 Å². The Morgan fingerprint density at radius 1 is 0.472 bits per heavy atom. The number of phenolic OH excluding ortho intramolecular Hbond substituents is 2. The molecule has 0 radical (unpaired) electrons. The normalized spacial score (nSPS) is 14.2. The van der Waals surface area contributed by atoms with Gasteiger partial charge < -0.3 is 29.5 Å². The van der Waals surface area contributed by atoms with Crippen LogP contribution in [0.5, 0.6) is 23.0 Å². The first-order chi connectivity index (χ1) is 25.5. The van der Waals surface area contributed by atoms with Crippen molar-refractivity contribution in [1.82, 2.24) is 0 Å². The minimum Gasteiger partial charge on any atom is -0.508 e. The average molecular weight is 703 g/mol. The molecule has 2 aliphatic heterocycles. The number of rotatable bonds is 8. The van der Waals surface area contributed by atoms with Crippen molar-refractivity contribution >= 4 is 11.4 Å². The van der Waals surface area contributed by atoms with Crippen LogP contribution in [0.4, 0.5) is 11.4 Å². The van der Waals surface area contributed by atoms with Crippen LogP contribution in [-0.2, 0) is 30.3 Å². The molecule has 6 nitrogen and oxygen atoms in total. The largest absolute Gasteiger partial charge is 0.508 e. The second-order valence-electron chi connectivity index (χ2n) is 15.4. The smallest absolute Gasteiger partial charge is 0.161 e. The van der Waals surface area contributed by atoms with Gasteiger partial charge in [0.05, 0.1) is 0 Å².